The Hall–Kier alpha value is -3.33. The van der Waals surface area contributed by atoms with Crippen LogP contribution in [0, 0.1) is 6.92 Å². The summed E-state index contributed by atoms with van der Waals surface area (Å²) in [5, 5.41) is 15.0. The third-order valence-corrected chi connectivity index (χ3v) is 5.86. The fraction of sp³-hybridized carbons (Fsp3) is 0.304. The first kappa shape index (κ1) is 23.3. The van der Waals surface area contributed by atoms with Gasteiger partial charge in [0.2, 0.25) is 5.91 Å². The van der Waals surface area contributed by atoms with Gasteiger partial charge in [-0.05, 0) is 56.7 Å². The number of carbonyl (C=O) groups excluding carboxylic acids is 2. The lowest BCUT2D eigenvalue weighted by Gasteiger charge is -2.16. The molecule has 1 atom stereocenters. The zero-order chi connectivity index (χ0) is 23.1. The fourth-order valence-electron chi connectivity index (χ4n) is 3.19. The molecule has 9 heteroatoms. The maximum atomic E-state index is 12.7. The SMILES string of the molecule is CCn1c(SCC(=O)Nc2ccc(OC)cc2)nnc1[C@H](C)NC(=O)c1ccccc1C. The molecule has 3 rings (SSSR count). The van der Waals surface area contributed by atoms with Gasteiger partial charge in [0.05, 0.1) is 18.9 Å². The van der Waals surface area contributed by atoms with Crippen LogP contribution in [-0.4, -0.2) is 39.4 Å². The van der Waals surface area contributed by atoms with Gasteiger partial charge in [-0.3, -0.25) is 9.59 Å². The monoisotopic (exact) mass is 453 g/mol. The number of hydrogen-bond donors (Lipinski definition) is 2. The summed E-state index contributed by atoms with van der Waals surface area (Å²) in [7, 11) is 1.59. The molecule has 168 valence electrons. The summed E-state index contributed by atoms with van der Waals surface area (Å²) in [5.41, 5.74) is 2.24. The maximum absolute atomic E-state index is 12.7. The lowest BCUT2D eigenvalue weighted by atomic mass is 10.1. The summed E-state index contributed by atoms with van der Waals surface area (Å²) >= 11 is 1.30. The number of nitrogens with one attached hydrogen (secondary N) is 2. The topological polar surface area (TPSA) is 98.1 Å². The summed E-state index contributed by atoms with van der Waals surface area (Å²) in [6, 6.07) is 14.2. The number of thioether (sulfide) groups is 1. The lowest BCUT2D eigenvalue weighted by Crippen LogP contribution is -2.29. The largest absolute Gasteiger partial charge is 0.497 e. The molecule has 0 radical (unpaired) electrons. The van der Waals surface area contributed by atoms with E-state index >= 15 is 0 Å². The van der Waals surface area contributed by atoms with E-state index < -0.39 is 0 Å². The number of aryl methyl sites for hydroxylation is 1. The molecule has 2 N–H and O–H groups in total. The van der Waals surface area contributed by atoms with E-state index in [0.29, 0.717) is 28.8 Å². The minimum atomic E-state index is -0.336. The highest BCUT2D eigenvalue weighted by Crippen LogP contribution is 2.22. The second kappa shape index (κ2) is 10.8. The Balaban J connectivity index is 1.61. The van der Waals surface area contributed by atoms with E-state index in [2.05, 4.69) is 20.8 Å². The van der Waals surface area contributed by atoms with Gasteiger partial charge >= 0.3 is 0 Å². The third-order valence-electron chi connectivity index (χ3n) is 4.89. The van der Waals surface area contributed by atoms with Crippen molar-refractivity contribution in [3.05, 3.63) is 65.5 Å². The predicted octanol–water partition coefficient (Wildman–Crippen LogP) is 3.84. The van der Waals surface area contributed by atoms with Gasteiger partial charge in [0, 0.05) is 17.8 Å². The molecule has 0 spiro atoms. The first-order valence-electron chi connectivity index (χ1n) is 10.3. The van der Waals surface area contributed by atoms with Gasteiger partial charge in [-0.2, -0.15) is 0 Å². The molecule has 0 fully saturated rings. The highest BCUT2D eigenvalue weighted by atomic mass is 32.2. The van der Waals surface area contributed by atoms with Gasteiger partial charge < -0.3 is 19.9 Å². The van der Waals surface area contributed by atoms with Crippen LogP contribution in [-0.2, 0) is 11.3 Å². The predicted molar refractivity (Wildman–Crippen MR) is 125 cm³/mol. The Morgan fingerprint density at radius 1 is 1.12 bits per heavy atom. The Kier molecular flexibility index (Phi) is 7.88. The van der Waals surface area contributed by atoms with E-state index in [-0.39, 0.29) is 23.6 Å². The van der Waals surface area contributed by atoms with Crippen LogP contribution in [0.25, 0.3) is 0 Å². The molecular weight excluding hydrogens is 426 g/mol. The van der Waals surface area contributed by atoms with Crippen LogP contribution in [0.1, 0.15) is 41.6 Å². The fourth-order valence-corrected chi connectivity index (χ4v) is 4.00. The minimum Gasteiger partial charge on any atom is -0.497 e. The Morgan fingerprint density at radius 2 is 1.84 bits per heavy atom. The first-order chi connectivity index (χ1) is 15.4. The van der Waals surface area contributed by atoms with Crippen LogP contribution in [0.15, 0.2) is 53.7 Å². The smallest absolute Gasteiger partial charge is 0.252 e. The number of methoxy groups -OCH3 is 1. The summed E-state index contributed by atoms with van der Waals surface area (Å²) < 4.78 is 7.03. The van der Waals surface area contributed by atoms with E-state index in [1.165, 1.54) is 11.8 Å². The molecule has 0 aliphatic heterocycles. The molecule has 0 unspecified atom stereocenters. The van der Waals surface area contributed by atoms with Gasteiger partial charge in [-0.25, -0.2) is 0 Å². The molecule has 0 bridgehead atoms. The molecule has 8 nitrogen and oxygen atoms in total. The van der Waals surface area contributed by atoms with Gasteiger partial charge in [0.25, 0.3) is 5.91 Å². The Labute approximate surface area is 191 Å². The third kappa shape index (κ3) is 5.67. The summed E-state index contributed by atoms with van der Waals surface area (Å²) in [5.74, 6) is 1.26. The number of anilines is 1. The molecule has 0 saturated carbocycles. The van der Waals surface area contributed by atoms with Crippen LogP contribution >= 0.6 is 11.8 Å². The standard InChI is InChI=1S/C23H27N5O3S/c1-5-28-21(16(3)24-22(30)19-9-7-6-8-15(19)2)26-27-23(28)32-14-20(29)25-17-10-12-18(31-4)13-11-17/h6-13,16H,5,14H2,1-4H3,(H,24,30)(H,25,29)/t16-/m0/s1. The van der Waals surface area contributed by atoms with Crippen molar-refractivity contribution >= 4 is 29.3 Å². The number of nitrogens with zero attached hydrogens (tertiary/aromatic N) is 3. The molecule has 3 aromatic rings. The number of rotatable bonds is 9. The summed E-state index contributed by atoms with van der Waals surface area (Å²) in [6.07, 6.45) is 0. The lowest BCUT2D eigenvalue weighted by molar-refractivity contribution is -0.113. The van der Waals surface area contributed by atoms with Crippen LogP contribution in [0.4, 0.5) is 5.69 Å². The van der Waals surface area contributed by atoms with Crippen molar-refractivity contribution in [1.29, 1.82) is 0 Å². The molecule has 1 aromatic heterocycles. The van der Waals surface area contributed by atoms with Crippen LogP contribution in [0.3, 0.4) is 0 Å². The van der Waals surface area contributed by atoms with Crippen LogP contribution in [0.5, 0.6) is 5.75 Å². The molecular formula is C23H27N5O3S. The van der Waals surface area contributed by atoms with Crippen molar-refractivity contribution in [2.75, 3.05) is 18.2 Å². The second-order valence-electron chi connectivity index (χ2n) is 7.16. The molecule has 32 heavy (non-hydrogen) atoms. The number of hydrogen-bond acceptors (Lipinski definition) is 6. The van der Waals surface area contributed by atoms with Crippen molar-refractivity contribution in [3.63, 3.8) is 0 Å². The average Bonchev–Trinajstić information content (AvgIpc) is 3.21. The number of aromatic nitrogens is 3. The van der Waals surface area contributed by atoms with Gasteiger partial charge in [-0.1, -0.05) is 30.0 Å². The molecule has 2 amide bonds. The zero-order valence-electron chi connectivity index (χ0n) is 18.6. The van der Waals surface area contributed by atoms with E-state index in [4.69, 9.17) is 4.74 Å². The van der Waals surface area contributed by atoms with E-state index in [1.807, 2.05) is 43.5 Å². The van der Waals surface area contributed by atoms with Crippen molar-refractivity contribution in [2.45, 2.75) is 38.5 Å². The molecule has 0 aliphatic rings. The quantitative estimate of drug-likeness (QED) is 0.478. The highest BCUT2D eigenvalue weighted by molar-refractivity contribution is 7.99. The zero-order valence-corrected chi connectivity index (χ0v) is 19.4. The first-order valence-corrected chi connectivity index (χ1v) is 11.3. The summed E-state index contributed by atoms with van der Waals surface area (Å²) in [6.45, 7) is 6.37. The van der Waals surface area contributed by atoms with E-state index in [9.17, 15) is 9.59 Å². The molecule has 1 heterocycles. The van der Waals surface area contributed by atoms with Gasteiger partial charge in [-0.15, -0.1) is 10.2 Å². The summed E-state index contributed by atoms with van der Waals surface area (Å²) in [4.78, 5) is 25.0. The second-order valence-corrected chi connectivity index (χ2v) is 8.10. The van der Waals surface area contributed by atoms with Crippen molar-refractivity contribution in [1.82, 2.24) is 20.1 Å². The van der Waals surface area contributed by atoms with Gasteiger partial charge in [0.15, 0.2) is 11.0 Å². The van der Waals surface area contributed by atoms with Crippen LogP contribution in [0.2, 0.25) is 0 Å². The molecule has 0 aliphatic carbocycles. The van der Waals surface area contributed by atoms with Crippen molar-refractivity contribution in [3.8, 4) is 5.75 Å². The Bertz CT molecular complexity index is 1080. The van der Waals surface area contributed by atoms with Crippen LogP contribution < -0.4 is 15.4 Å². The normalized spacial score (nSPS) is 11.6. The van der Waals surface area contributed by atoms with E-state index in [0.717, 1.165) is 11.3 Å². The number of amides is 2. The van der Waals surface area contributed by atoms with E-state index in [1.54, 1.807) is 37.4 Å². The number of ether oxygens (including phenoxy) is 1. The molecule has 2 aromatic carbocycles. The maximum Gasteiger partial charge on any atom is 0.252 e. The highest BCUT2D eigenvalue weighted by Gasteiger charge is 2.20. The Morgan fingerprint density at radius 3 is 2.50 bits per heavy atom. The minimum absolute atomic E-state index is 0.145. The van der Waals surface area contributed by atoms with Crippen molar-refractivity contribution in [2.24, 2.45) is 0 Å². The molecule has 0 saturated heterocycles. The number of carbonyl (C=O) groups is 2. The van der Waals surface area contributed by atoms with Gasteiger partial charge in [0.1, 0.15) is 5.75 Å². The van der Waals surface area contributed by atoms with Crippen molar-refractivity contribution < 1.29 is 14.3 Å². The number of benzene rings is 2. The average molecular weight is 454 g/mol.